The molecule has 0 aliphatic rings. The lowest BCUT2D eigenvalue weighted by atomic mass is 9.70. The average molecular weight is 1170 g/mol. The van der Waals surface area contributed by atoms with Crippen LogP contribution in [-0.2, 0) is 43.5 Å². The molecule has 0 aliphatic carbocycles. The predicted molar refractivity (Wildman–Crippen MR) is 320 cm³/mol. The molecule has 0 saturated carbocycles. The molecule has 0 heterocycles. The van der Waals surface area contributed by atoms with Gasteiger partial charge in [0.15, 0.2) is 0 Å². The summed E-state index contributed by atoms with van der Waals surface area (Å²) in [7, 11) is 0. The molecule has 0 unspecified atom stereocenters. The number of esters is 4. The monoisotopic (exact) mass is 1170 g/mol. The third-order valence-electron chi connectivity index (χ3n) is 12.7. The van der Waals surface area contributed by atoms with Crippen LogP contribution in [0.4, 0.5) is 19.2 Å². The van der Waals surface area contributed by atoms with Crippen molar-refractivity contribution in [2.24, 2.45) is 0 Å². The fraction of sp³-hybridized carbons (Fsp3) is 0.212. The van der Waals surface area contributed by atoms with Crippen LogP contribution < -0.4 is 40.2 Å². The van der Waals surface area contributed by atoms with Crippen LogP contribution in [0.2, 0.25) is 0 Å². The summed E-state index contributed by atoms with van der Waals surface area (Å²) in [5, 5.41) is 10.3. The van der Waals surface area contributed by atoms with Gasteiger partial charge in [-0.2, -0.15) is 0 Å². The van der Waals surface area contributed by atoms with Crippen molar-refractivity contribution in [1.29, 1.82) is 0 Å². The van der Waals surface area contributed by atoms with Gasteiger partial charge in [0.05, 0.1) is 26.2 Å². The van der Waals surface area contributed by atoms with Gasteiger partial charge < -0.3 is 59.2 Å². The van der Waals surface area contributed by atoms with Crippen LogP contribution >= 0.6 is 0 Å². The van der Waals surface area contributed by atoms with Crippen LogP contribution in [0.5, 0.6) is 23.0 Å². The molecule has 6 aromatic carbocycles. The Morgan fingerprint density at radius 1 is 0.349 bits per heavy atom. The minimum Gasteiger partial charge on any atom is -0.460 e. The minimum atomic E-state index is -1.22. The highest BCUT2D eigenvalue weighted by Gasteiger charge is 2.34. The molecule has 0 bridgehead atoms. The summed E-state index contributed by atoms with van der Waals surface area (Å²) in [4.78, 5) is 102. The Labute approximate surface area is 497 Å². The van der Waals surface area contributed by atoms with Gasteiger partial charge in [-0.3, -0.25) is 0 Å². The average Bonchev–Trinajstić information content (AvgIpc) is 2.02. The third kappa shape index (κ3) is 18.1. The molecule has 4 N–H and O–H groups in total. The van der Waals surface area contributed by atoms with Gasteiger partial charge in [-0.15, -0.1) is 0 Å². The number of rotatable bonds is 26. The lowest BCUT2D eigenvalue weighted by molar-refractivity contribution is -0.139. The van der Waals surface area contributed by atoms with Crippen LogP contribution in [0.15, 0.2) is 188 Å². The number of amides is 4. The first-order valence-corrected chi connectivity index (χ1v) is 26.9. The van der Waals surface area contributed by atoms with Crippen LogP contribution in [0.3, 0.4) is 0 Å². The predicted octanol–water partition coefficient (Wildman–Crippen LogP) is 10.9. The molecule has 0 spiro atoms. The molecule has 20 nitrogen and oxygen atoms in total. The molecule has 4 amide bonds. The molecule has 446 valence electrons. The van der Waals surface area contributed by atoms with E-state index in [1.165, 1.54) is 39.8 Å². The standard InChI is InChI=1S/C66H66N4O16/c1-41(2)58(71)79-35-31-67-62(75)83-54-21-15-13-19-50(54)52-39-48(27-29-56(52)85-64(77)69-33-37-81-60(73)43(5)6)66(9,47-25-23-46(24-26-47)45-17-11-10-12-18-45)49-28-30-57(86-65(78)70-34-38-82-61(74)44(7)8)53(40-49)51-20-14-16-22-55(51)84-63(76)68-32-36-80-59(72)42(3)4/h10-30,39-40H,1,3,5,7,31-38H2,2,4,6,8-9H3,(H,67,75)(H,68,76)(H,69,77)(H,70,78). The lowest BCUT2D eigenvalue weighted by Crippen LogP contribution is -2.31. The SMILES string of the molecule is C=C(C)C(=O)OCCNC(=O)Oc1ccccc1-c1cc(C(C)(c2ccc(-c3ccccc3)cc2)c2ccc(OC(=O)NCCOC(=O)C(=C)C)c(-c3ccccc3OC(=O)NCCOC(=O)C(=C)C)c2)ccc1OC(=O)NCCOC(=O)C(=C)C. The zero-order valence-corrected chi connectivity index (χ0v) is 48.3. The Balaban J connectivity index is 1.51. The van der Waals surface area contributed by atoms with Gasteiger partial charge in [0.1, 0.15) is 49.4 Å². The lowest BCUT2D eigenvalue weighted by Gasteiger charge is -2.33. The molecular formula is C66H66N4O16. The number of ether oxygens (including phenoxy) is 8. The van der Waals surface area contributed by atoms with Crippen LogP contribution in [0.25, 0.3) is 33.4 Å². The van der Waals surface area contributed by atoms with Gasteiger partial charge in [-0.1, -0.05) is 129 Å². The van der Waals surface area contributed by atoms with E-state index < -0.39 is 53.7 Å². The van der Waals surface area contributed by atoms with E-state index in [1.807, 2.05) is 61.5 Å². The molecule has 6 rings (SSSR count). The Morgan fingerprint density at radius 2 is 0.628 bits per heavy atom. The number of benzene rings is 6. The van der Waals surface area contributed by atoms with Crippen LogP contribution in [0.1, 0.15) is 51.3 Å². The maximum absolute atomic E-state index is 13.6. The van der Waals surface area contributed by atoms with Crippen LogP contribution in [0, 0.1) is 0 Å². The molecular weight excluding hydrogens is 1100 g/mol. The zero-order valence-electron chi connectivity index (χ0n) is 48.3. The molecule has 0 radical (unpaired) electrons. The van der Waals surface area contributed by atoms with Gasteiger partial charge in [0.2, 0.25) is 0 Å². The maximum atomic E-state index is 13.6. The highest BCUT2D eigenvalue weighted by molar-refractivity contribution is 5.89. The van der Waals surface area contributed by atoms with E-state index in [0.29, 0.717) is 22.3 Å². The fourth-order valence-corrected chi connectivity index (χ4v) is 8.19. The van der Waals surface area contributed by atoms with Crippen LogP contribution in [-0.4, -0.2) is 101 Å². The summed E-state index contributed by atoms with van der Waals surface area (Å²) in [6.07, 6.45) is -3.62. The topological polar surface area (TPSA) is 259 Å². The van der Waals surface area contributed by atoms with Gasteiger partial charge >= 0.3 is 48.3 Å². The highest BCUT2D eigenvalue weighted by Crippen LogP contribution is 2.47. The molecule has 0 aliphatic heterocycles. The minimum absolute atomic E-state index is 0.0123. The second-order valence-electron chi connectivity index (χ2n) is 19.4. The summed E-state index contributed by atoms with van der Waals surface area (Å²) in [5.41, 5.74) is 4.36. The molecule has 86 heavy (non-hydrogen) atoms. The van der Waals surface area contributed by atoms with Crippen molar-refractivity contribution in [3.63, 3.8) is 0 Å². The Kier molecular flexibility index (Phi) is 23.3. The number of hydrogen-bond donors (Lipinski definition) is 4. The molecule has 0 aromatic heterocycles. The summed E-state index contributed by atoms with van der Waals surface area (Å²) >= 11 is 0. The second-order valence-corrected chi connectivity index (χ2v) is 19.4. The van der Waals surface area contributed by atoms with E-state index >= 15 is 0 Å². The summed E-state index contributed by atoms with van der Waals surface area (Å²) in [5.74, 6) is -2.45. The fourth-order valence-electron chi connectivity index (χ4n) is 8.19. The van der Waals surface area contributed by atoms with Crippen molar-refractivity contribution in [3.8, 4) is 56.4 Å². The van der Waals surface area contributed by atoms with Crippen molar-refractivity contribution in [3.05, 3.63) is 205 Å². The normalized spacial score (nSPS) is 10.6. The second kappa shape index (κ2) is 31.1. The number of para-hydroxylation sites is 2. The summed E-state index contributed by atoms with van der Waals surface area (Å²) < 4.78 is 44.3. The van der Waals surface area contributed by atoms with Gasteiger partial charge in [0, 0.05) is 50.0 Å². The van der Waals surface area contributed by atoms with E-state index in [0.717, 1.165) is 16.7 Å². The highest BCUT2D eigenvalue weighted by atomic mass is 16.6. The first-order chi connectivity index (χ1) is 41.2. The Hall–Kier alpha value is -10.8. The van der Waals surface area contributed by atoms with Gasteiger partial charge in [-0.25, -0.2) is 38.4 Å². The van der Waals surface area contributed by atoms with Gasteiger partial charge in [0.25, 0.3) is 0 Å². The van der Waals surface area contributed by atoms with Crippen molar-refractivity contribution in [2.45, 2.75) is 40.0 Å². The number of carbonyl (C=O) groups is 8. The first-order valence-electron chi connectivity index (χ1n) is 26.9. The largest absolute Gasteiger partial charge is 0.460 e. The van der Waals surface area contributed by atoms with E-state index in [9.17, 15) is 38.4 Å². The van der Waals surface area contributed by atoms with Crippen molar-refractivity contribution < 1.29 is 76.3 Å². The number of hydrogen-bond acceptors (Lipinski definition) is 16. The zero-order chi connectivity index (χ0) is 62.3. The molecule has 20 heteroatoms. The summed E-state index contributed by atoms with van der Waals surface area (Å²) in [6, 6.07) is 40.9. The quantitative estimate of drug-likeness (QED) is 0.0129. The van der Waals surface area contributed by atoms with Crippen molar-refractivity contribution in [1.82, 2.24) is 21.3 Å². The first kappa shape index (κ1) is 64.4. The van der Waals surface area contributed by atoms with Crippen molar-refractivity contribution in [2.75, 3.05) is 52.6 Å². The number of nitrogens with one attached hydrogen (secondary N) is 4. The van der Waals surface area contributed by atoms with E-state index in [4.69, 9.17) is 37.9 Å². The number of carbonyl (C=O) groups excluding carboxylic acids is 8. The maximum Gasteiger partial charge on any atom is 0.412 e. The summed E-state index contributed by atoms with van der Waals surface area (Å²) in [6.45, 7) is 21.0. The van der Waals surface area contributed by atoms with E-state index in [2.05, 4.69) is 47.6 Å². The Morgan fingerprint density at radius 3 is 0.953 bits per heavy atom. The smallest absolute Gasteiger partial charge is 0.412 e. The van der Waals surface area contributed by atoms with E-state index in [1.54, 1.807) is 72.8 Å². The molecule has 0 atom stereocenters. The molecule has 0 saturated heterocycles. The van der Waals surface area contributed by atoms with Crippen molar-refractivity contribution >= 4 is 48.3 Å². The Bertz CT molecular complexity index is 3350. The van der Waals surface area contributed by atoms with E-state index in [-0.39, 0.29) is 109 Å². The molecule has 6 aromatic rings. The third-order valence-corrected chi connectivity index (χ3v) is 12.7. The molecule has 0 fully saturated rings. The van der Waals surface area contributed by atoms with Gasteiger partial charge in [-0.05, 0) is 98.8 Å².